The molecule has 1 aliphatic heterocycles. The number of imidazole rings is 1. The maximum atomic E-state index is 12.3. The van der Waals surface area contributed by atoms with Gasteiger partial charge in [-0.3, -0.25) is 19.1 Å². The molecule has 1 fully saturated rings. The Morgan fingerprint density at radius 3 is 2.64 bits per heavy atom. The molecular formula is C24H35N7O5. The van der Waals surface area contributed by atoms with Crippen LogP contribution in [0.4, 0.5) is 5.82 Å². The van der Waals surface area contributed by atoms with Gasteiger partial charge < -0.3 is 25.6 Å². The van der Waals surface area contributed by atoms with Crippen molar-refractivity contribution in [2.75, 3.05) is 38.5 Å². The number of amides is 1. The molecule has 0 saturated carbocycles. The number of nitrogens with two attached hydrogens (primary N) is 1. The van der Waals surface area contributed by atoms with E-state index in [-0.39, 0.29) is 23.5 Å². The number of fused-ring (bicyclic) bond motifs is 1. The molecule has 3 rings (SSSR count). The SMILES string of the molecule is CCNC(=O)[C@@H](O[C@H](C)n1cnc2c(N)nc(C#CCN3CCC(C(=O)OCC)CC3)nc21)C(C)O. The third-order valence-corrected chi connectivity index (χ3v) is 5.94. The van der Waals surface area contributed by atoms with E-state index >= 15 is 0 Å². The second-order valence-electron chi connectivity index (χ2n) is 8.65. The maximum absolute atomic E-state index is 12.3. The third-order valence-electron chi connectivity index (χ3n) is 5.94. The summed E-state index contributed by atoms with van der Waals surface area (Å²) in [5, 5.41) is 12.7. The Balaban J connectivity index is 1.70. The number of likely N-dealkylation sites (tertiary alicyclic amines) is 1. The minimum Gasteiger partial charge on any atom is -0.466 e. The van der Waals surface area contributed by atoms with Gasteiger partial charge in [0, 0.05) is 6.54 Å². The van der Waals surface area contributed by atoms with Gasteiger partial charge in [-0.15, -0.1) is 0 Å². The number of nitrogen functional groups attached to an aromatic ring is 1. The molecule has 0 spiro atoms. The topological polar surface area (TPSA) is 158 Å². The summed E-state index contributed by atoms with van der Waals surface area (Å²) in [5.74, 6) is 5.88. The largest absolute Gasteiger partial charge is 0.466 e. The van der Waals surface area contributed by atoms with Crippen molar-refractivity contribution in [2.45, 2.75) is 59.0 Å². The summed E-state index contributed by atoms with van der Waals surface area (Å²) in [6.07, 6.45) is 0.240. The third kappa shape index (κ3) is 6.69. The number of aliphatic hydroxyl groups excluding tert-OH is 1. The molecule has 12 heteroatoms. The van der Waals surface area contributed by atoms with Gasteiger partial charge >= 0.3 is 5.97 Å². The van der Waals surface area contributed by atoms with Crippen molar-refractivity contribution in [1.82, 2.24) is 29.7 Å². The Morgan fingerprint density at radius 1 is 1.28 bits per heavy atom. The molecule has 0 radical (unpaired) electrons. The highest BCUT2D eigenvalue weighted by molar-refractivity contribution is 5.82. The number of nitrogens with zero attached hydrogens (tertiary/aromatic N) is 5. The van der Waals surface area contributed by atoms with E-state index in [0.717, 1.165) is 25.9 Å². The normalized spacial score (nSPS) is 17.1. The van der Waals surface area contributed by atoms with E-state index in [2.05, 4.69) is 37.0 Å². The van der Waals surface area contributed by atoms with E-state index in [1.54, 1.807) is 18.4 Å². The highest BCUT2D eigenvalue weighted by Crippen LogP contribution is 2.22. The Morgan fingerprint density at radius 2 is 2.00 bits per heavy atom. The predicted molar refractivity (Wildman–Crippen MR) is 132 cm³/mol. The van der Waals surface area contributed by atoms with Crippen molar-refractivity contribution in [2.24, 2.45) is 5.92 Å². The second kappa shape index (κ2) is 12.6. The number of anilines is 1. The van der Waals surface area contributed by atoms with Crippen molar-refractivity contribution in [3.8, 4) is 11.8 Å². The minimum atomic E-state index is -1.07. The number of piperidine rings is 1. The zero-order valence-corrected chi connectivity index (χ0v) is 21.2. The Hall–Kier alpha value is -3.27. The van der Waals surface area contributed by atoms with Crippen LogP contribution in [0, 0.1) is 17.8 Å². The number of aliphatic hydroxyl groups is 1. The lowest BCUT2D eigenvalue weighted by Gasteiger charge is -2.29. The Labute approximate surface area is 210 Å². The predicted octanol–water partition coefficient (Wildman–Crippen LogP) is 0.456. The van der Waals surface area contributed by atoms with E-state index in [9.17, 15) is 14.7 Å². The Kier molecular flexibility index (Phi) is 9.58. The highest BCUT2D eigenvalue weighted by Gasteiger charge is 2.28. The van der Waals surface area contributed by atoms with Crippen LogP contribution in [0.25, 0.3) is 11.2 Å². The van der Waals surface area contributed by atoms with Crippen molar-refractivity contribution in [3.63, 3.8) is 0 Å². The smallest absolute Gasteiger partial charge is 0.309 e. The van der Waals surface area contributed by atoms with Gasteiger partial charge in [0.15, 0.2) is 17.6 Å². The van der Waals surface area contributed by atoms with Crippen LogP contribution in [0.3, 0.4) is 0 Å². The fraction of sp³-hybridized carbons (Fsp3) is 0.625. The first-order valence-corrected chi connectivity index (χ1v) is 12.2. The summed E-state index contributed by atoms with van der Waals surface area (Å²) in [7, 11) is 0. The summed E-state index contributed by atoms with van der Waals surface area (Å²) >= 11 is 0. The van der Waals surface area contributed by atoms with E-state index in [1.165, 1.54) is 13.3 Å². The van der Waals surface area contributed by atoms with Crippen molar-refractivity contribution in [1.29, 1.82) is 0 Å². The number of nitrogens with one attached hydrogen (secondary N) is 1. The number of carbonyl (C=O) groups excluding carboxylic acids is 2. The lowest BCUT2D eigenvalue weighted by molar-refractivity contribution is -0.150. The number of hydrogen-bond acceptors (Lipinski definition) is 10. The van der Waals surface area contributed by atoms with Crippen LogP contribution in [0.15, 0.2) is 6.33 Å². The van der Waals surface area contributed by atoms with Crippen molar-refractivity contribution < 1.29 is 24.2 Å². The molecule has 4 N–H and O–H groups in total. The van der Waals surface area contributed by atoms with Gasteiger partial charge in [-0.2, -0.15) is 0 Å². The zero-order valence-electron chi connectivity index (χ0n) is 21.2. The van der Waals surface area contributed by atoms with E-state index in [0.29, 0.717) is 30.9 Å². The van der Waals surface area contributed by atoms with Crippen LogP contribution in [0.5, 0.6) is 0 Å². The highest BCUT2D eigenvalue weighted by atomic mass is 16.5. The summed E-state index contributed by atoms with van der Waals surface area (Å²) in [6, 6.07) is 0. The molecule has 1 amide bonds. The summed E-state index contributed by atoms with van der Waals surface area (Å²) < 4.78 is 12.6. The zero-order chi connectivity index (χ0) is 26.2. The van der Waals surface area contributed by atoms with Gasteiger partial charge in [-0.05, 0) is 59.5 Å². The average Bonchev–Trinajstić information content (AvgIpc) is 3.27. The van der Waals surface area contributed by atoms with Crippen LogP contribution >= 0.6 is 0 Å². The first kappa shape index (κ1) is 27.3. The van der Waals surface area contributed by atoms with Crippen LogP contribution in [-0.4, -0.2) is 86.4 Å². The van der Waals surface area contributed by atoms with E-state index in [4.69, 9.17) is 15.2 Å². The number of rotatable bonds is 9. The van der Waals surface area contributed by atoms with E-state index < -0.39 is 24.3 Å². The number of aromatic nitrogens is 4. The molecule has 12 nitrogen and oxygen atoms in total. The lowest BCUT2D eigenvalue weighted by atomic mass is 9.97. The fourth-order valence-corrected chi connectivity index (χ4v) is 4.02. The molecule has 0 aromatic carbocycles. The summed E-state index contributed by atoms with van der Waals surface area (Å²) in [6.45, 7) is 9.67. The summed E-state index contributed by atoms with van der Waals surface area (Å²) in [5.41, 5.74) is 6.90. The van der Waals surface area contributed by atoms with Crippen LogP contribution < -0.4 is 11.1 Å². The molecule has 1 saturated heterocycles. The number of esters is 1. The van der Waals surface area contributed by atoms with Crippen LogP contribution in [0.1, 0.15) is 52.6 Å². The number of hydrogen-bond donors (Lipinski definition) is 3. The number of likely N-dealkylation sites (N-methyl/N-ethyl adjacent to an activating group) is 1. The number of ether oxygens (including phenoxy) is 2. The molecular weight excluding hydrogens is 466 g/mol. The maximum Gasteiger partial charge on any atom is 0.309 e. The molecule has 1 aliphatic rings. The monoisotopic (exact) mass is 501 g/mol. The van der Waals surface area contributed by atoms with Gasteiger partial charge in [0.25, 0.3) is 5.91 Å². The van der Waals surface area contributed by atoms with Crippen molar-refractivity contribution in [3.05, 3.63) is 12.2 Å². The molecule has 0 aliphatic carbocycles. The quantitative estimate of drug-likeness (QED) is 0.325. The molecule has 36 heavy (non-hydrogen) atoms. The minimum absolute atomic E-state index is 0.0503. The average molecular weight is 502 g/mol. The van der Waals surface area contributed by atoms with Gasteiger partial charge in [0.2, 0.25) is 5.82 Å². The number of carbonyl (C=O) groups is 2. The second-order valence-corrected chi connectivity index (χ2v) is 8.65. The van der Waals surface area contributed by atoms with Gasteiger partial charge in [0.05, 0.1) is 31.5 Å². The van der Waals surface area contributed by atoms with Crippen LogP contribution in [-0.2, 0) is 19.1 Å². The van der Waals surface area contributed by atoms with Crippen molar-refractivity contribution >= 4 is 28.9 Å². The van der Waals surface area contributed by atoms with E-state index in [1.807, 2.05) is 6.92 Å². The van der Waals surface area contributed by atoms with Gasteiger partial charge in [0.1, 0.15) is 11.7 Å². The first-order valence-electron chi connectivity index (χ1n) is 12.2. The van der Waals surface area contributed by atoms with Gasteiger partial charge in [-0.1, -0.05) is 5.92 Å². The first-order chi connectivity index (χ1) is 17.2. The molecule has 2 aromatic rings. The molecule has 196 valence electrons. The lowest BCUT2D eigenvalue weighted by Crippen LogP contribution is -2.43. The Bertz CT molecular complexity index is 1120. The summed E-state index contributed by atoms with van der Waals surface area (Å²) in [4.78, 5) is 39.4. The molecule has 2 aromatic heterocycles. The molecule has 3 heterocycles. The fourth-order valence-electron chi connectivity index (χ4n) is 4.02. The molecule has 0 bridgehead atoms. The van der Waals surface area contributed by atoms with Gasteiger partial charge in [-0.25, -0.2) is 15.0 Å². The standard InChI is InChI=1S/C24H35N7O5/c1-5-26-23(33)20(15(3)32)36-16(4)31-14-27-19-21(25)28-18(29-22(19)31)8-7-11-30-12-9-17(10-13-30)24(34)35-6-2/h14-17,20,32H,5-6,9-13H2,1-4H3,(H,26,33)(H2,25,28,29)/t15?,16-,20+/m1/s1. The molecule has 1 unspecified atom stereocenters. The molecule has 3 atom stereocenters. The van der Waals surface area contributed by atoms with Crippen LogP contribution in [0.2, 0.25) is 0 Å².